The number of ether oxygens (including phenoxy) is 1. The van der Waals surface area contributed by atoms with Crippen molar-refractivity contribution >= 4 is 11.6 Å². The highest BCUT2D eigenvalue weighted by Crippen LogP contribution is 2.18. The van der Waals surface area contributed by atoms with Gasteiger partial charge in [-0.2, -0.15) is 0 Å². The summed E-state index contributed by atoms with van der Waals surface area (Å²) in [5.41, 5.74) is 1.93. The highest BCUT2D eigenvalue weighted by Gasteiger charge is 2.06. The Morgan fingerprint density at radius 3 is 2.78 bits per heavy atom. The van der Waals surface area contributed by atoms with Gasteiger partial charge in [0.05, 0.1) is 13.2 Å². The maximum Gasteiger partial charge on any atom is 0.191 e. The summed E-state index contributed by atoms with van der Waals surface area (Å²) >= 11 is 0. The second kappa shape index (κ2) is 9.56. The molecule has 0 aliphatic rings. The fraction of sp³-hybridized carbons (Fsp3) is 0.350. The summed E-state index contributed by atoms with van der Waals surface area (Å²) in [6.07, 6.45) is 2.74. The van der Waals surface area contributed by atoms with Crippen LogP contribution in [0.25, 0.3) is 5.65 Å². The molecule has 0 aliphatic heterocycles. The van der Waals surface area contributed by atoms with Crippen molar-refractivity contribution in [2.24, 2.45) is 4.99 Å². The maximum absolute atomic E-state index is 5.67. The van der Waals surface area contributed by atoms with Crippen molar-refractivity contribution in [3.8, 4) is 5.75 Å². The zero-order chi connectivity index (χ0) is 18.9. The standard InChI is InChI=1S/C20H26N6O/c1-3-21-20(23-15-16-9-5-6-10-17(16)27-4-2)22-13-12-19-25-24-18-11-7-8-14-26(18)19/h5-11,14H,3-4,12-13,15H2,1-2H3,(H2,21,22,23). The molecule has 0 fully saturated rings. The number of rotatable bonds is 8. The highest BCUT2D eigenvalue weighted by atomic mass is 16.5. The summed E-state index contributed by atoms with van der Waals surface area (Å²) in [5, 5.41) is 15.1. The molecule has 2 N–H and O–H groups in total. The van der Waals surface area contributed by atoms with Crippen LogP contribution in [-0.4, -0.2) is 40.3 Å². The van der Waals surface area contributed by atoms with E-state index in [0.717, 1.165) is 41.7 Å². The molecule has 0 saturated carbocycles. The van der Waals surface area contributed by atoms with Crippen molar-refractivity contribution in [3.63, 3.8) is 0 Å². The fourth-order valence-corrected chi connectivity index (χ4v) is 2.79. The third kappa shape index (κ3) is 4.97. The molecule has 0 spiro atoms. The predicted molar refractivity (Wildman–Crippen MR) is 107 cm³/mol. The lowest BCUT2D eigenvalue weighted by Gasteiger charge is -2.12. The molecule has 0 bridgehead atoms. The van der Waals surface area contributed by atoms with Gasteiger partial charge < -0.3 is 15.4 Å². The minimum Gasteiger partial charge on any atom is -0.494 e. The Morgan fingerprint density at radius 1 is 1.07 bits per heavy atom. The normalized spacial score (nSPS) is 11.6. The van der Waals surface area contributed by atoms with E-state index in [2.05, 4.69) is 32.7 Å². The van der Waals surface area contributed by atoms with Gasteiger partial charge in [-0.3, -0.25) is 4.40 Å². The number of nitrogens with zero attached hydrogens (tertiary/aromatic N) is 4. The van der Waals surface area contributed by atoms with Gasteiger partial charge in [0, 0.05) is 31.3 Å². The summed E-state index contributed by atoms with van der Waals surface area (Å²) in [7, 11) is 0. The molecule has 0 saturated heterocycles. The predicted octanol–water partition coefficient (Wildman–Crippen LogP) is 2.43. The van der Waals surface area contributed by atoms with E-state index in [0.29, 0.717) is 19.7 Å². The molecule has 142 valence electrons. The smallest absolute Gasteiger partial charge is 0.191 e. The summed E-state index contributed by atoms with van der Waals surface area (Å²) < 4.78 is 7.68. The fourth-order valence-electron chi connectivity index (χ4n) is 2.79. The zero-order valence-electron chi connectivity index (χ0n) is 15.9. The molecule has 0 unspecified atom stereocenters. The molecule has 0 amide bonds. The van der Waals surface area contributed by atoms with Gasteiger partial charge in [0.1, 0.15) is 11.6 Å². The highest BCUT2D eigenvalue weighted by molar-refractivity contribution is 5.79. The van der Waals surface area contributed by atoms with Crippen LogP contribution in [0.2, 0.25) is 0 Å². The Hall–Kier alpha value is -3.09. The quantitative estimate of drug-likeness (QED) is 0.473. The van der Waals surface area contributed by atoms with Gasteiger partial charge in [-0.05, 0) is 32.0 Å². The lowest BCUT2D eigenvalue weighted by molar-refractivity contribution is 0.336. The van der Waals surface area contributed by atoms with Gasteiger partial charge in [-0.15, -0.1) is 10.2 Å². The van der Waals surface area contributed by atoms with Crippen LogP contribution in [0.15, 0.2) is 53.7 Å². The van der Waals surface area contributed by atoms with E-state index in [1.807, 2.05) is 60.0 Å². The van der Waals surface area contributed by atoms with Crippen molar-refractivity contribution in [3.05, 3.63) is 60.0 Å². The van der Waals surface area contributed by atoms with Gasteiger partial charge in [0.15, 0.2) is 11.6 Å². The minimum absolute atomic E-state index is 0.555. The summed E-state index contributed by atoms with van der Waals surface area (Å²) in [6, 6.07) is 13.9. The number of fused-ring (bicyclic) bond motifs is 1. The summed E-state index contributed by atoms with van der Waals surface area (Å²) in [4.78, 5) is 4.68. The van der Waals surface area contributed by atoms with Crippen molar-refractivity contribution in [1.82, 2.24) is 25.2 Å². The first kappa shape index (κ1) is 18.7. The summed E-state index contributed by atoms with van der Waals surface area (Å²) in [6.45, 7) is 6.75. The number of pyridine rings is 1. The molecular formula is C20H26N6O. The van der Waals surface area contributed by atoms with E-state index < -0.39 is 0 Å². The molecule has 2 heterocycles. The average Bonchev–Trinajstić information content (AvgIpc) is 3.10. The average molecular weight is 366 g/mol. The van der Waals surface area contributed by atoms with Crippen LogP contribution in [0.1, 0.15) is 25.2 Å². The number of nitrogens with one attached hydrogen (secondary N) is 2. The van der Waals surface area contributed by atoms with Gasteiger partial charge >= 0.3 is 0 Å². The molecule has 27 heavy (non-hydrogen) atoms. The van der Waals surface area contributed by atoms with E-state index in [1.54, 1.807) is 0 Å². The van der Waals surface area contributed by atoms with E-state index in [4.69, 9.17) is 4.74 Å². The molecule has 7 heteroatoms. The second-order valence-electron chi connectivity index (χ2n) is 5.96. The van der Waals surface area contributed by atoms with Crippen LogP contribution in [0.5, 0.6) is 5.75 Å². The van der Waals surface area contributed by atoms with Gasteiger partial charge in [-0.1, -0.05) is 24.3 Å². The largest absolute Gasteiger partial charge is 0.494 e. The molecule has 2 aromatic heterocycles. The number of aromatic nitrogens is 3. The number of guanidine groups is 1. The third-order valence-electron chi connectivity index (χ3n) is 4.05. The van der Waals surface area contributed by atoms with Crippen molar-refractivity contribution in [1.29, 1.82) is 0 Å². The van der Waals surface area contributed by atoms with E-state index in [1.165, 1.54) is 0 Å². The van der Waals surface area contributed by atoms with Crippen molar-refractivity contribution in [2.75, 3.05) is 19.7 Å². The lowest BCUT2D eigenvalue weighted by atomic mass is 10.2. The van der Waals surface area contributed by atoms with E-state index in [9.17, 15) is 0 Å². The first-order valence-electron chi connectivity index (χ1n) is 9.33. The number of para-hydroxylation sites is 1. The maximum atomic E-state index is 5.67. The van der Waals surface area contributed by atoms with Crippen LogP contribution in [0, 0.1) is 0 Å². The minimum atomic E-state index is 0.555. The topological polar surface area (TPSA) is 75.8 Å². The Kier molecular flexibility index (Phi) is 6.62. The lowest BCUT2D eigenvalue weighted by Crippen LogP contribution is -2.38. The molecule has 3 rings (SSSR count). The monoisotopic (exact) mass is 366 g/mol. The molecular weight excluding hydrogens is 340 g/mol. The molecule has 3 aromatic rings. The molecule has 0 radical (unpaired) electrons. The Morgan fingerprint density at radius 2 is 1.93 bits per heavy atom. The summed E-state index contributed by atoms with van der Waals surface area (Å²) in [5.74, 6) is 2.59. The number of hydrogen-bond acceptors (Lipinski definition) is 4. The van der Waals surface area contributed by atoms with E-state index >= 15 is 0 Å². The van der Waals surface area contributed by atoms with Gasteiger partial charge in [-0.25, -0.2) is 4.99 Å². The second-order valence-corrected chi connectivity index (χ2v) is 5.96. The van der Waals surface area contributed by atoms with Crippen molar-refractivity contribution in [2.45, 2.75) is 26.8 Å². The number of hydrogen-bond donors (Lipinski definition) is 2. The van der Waals surface area contributed by atoms with Crippen LogP contribution in [0.4, 0.5) is 0 Å². The van der Waals surface area contributed by atoms with Crippen LogP contribution in [0.3, 0.4) is 0 Å². The first-order chi connectivity index (χ1) is 13.3. The SMILES string of the molecule is CCNC(=NCc1ccccc1OCC)NCCc1nnc2ccccn12. The van der Waals surface area contributed by atoms with Gasteiger partial charge in [0.2, 0.25) is 0 Å². The van der Waals surface area contributed by atoms with Crippen LogP contribution < -0.4 is 15.4 Å². The van der Waals surface area contributed by atoms with E-state index in [-0.39, 0.29) is 0 Å². The zero-order valence-corrected chi connectivity index (χ0v) is 15.9. The molecule has 0 aliphatic carbocycles. The van der Waals surface area contributed by atoms with Crippen LogP contribution in [-0.2, 0) is 13.0 Å². The molecule has 1 aromatic carbocycles. The Labute approximate surface area is 159 Å². The molecule has 7 nitrogen and oxygen atoms in total. The number of benzene rings is 1. The van der Waals surface area contributed by atoms with Gasteiger partial charge in [0.25, 0.3) is 0 Å². The number of aliphatic imine (C=N–C) groups is 1. The van der Waals surface area contributed by atoms with Crippen LogP contribution >= 0.6 is 0 Å². The first-order valence-corrected chi connectivity index (χ1v) is 9.33. The molecule has 0 atom stereocenters. The Balaban J connectivity index is 1.61. The Bertz CT molecular complexity index is 889. The van der Waals surface area contributed by atoms with Crippen molar-refractivity contribution < 1.29 is 4.74 Å². The third-order valence-corrected chi connectivity index (χ3v) is 4.05.